The van der Waals surface area contributed by atoms with Crippen LogP contribution in [0.1, 0.15) is 278 Å². The highest BCUT2D eigenvalue weighted by Gasteiger charge is 2.30. The van der Waals surface area contributed by atoms with E-state index in [1.165, 1.54) is 180 Å². The highest BCUT2D eigenvalue weighted by molar-refractivity contribution is 7.47. The third-order valence-corrected chi connectivity index (χ3v) is 14.1. The Bertz CT molecular complexity index is 1280. The molecule has 0 rings (SSSR count). The van der Waals surface area contributed by atoms with E-state index in [1.807, 2.05) is 33.3 Å². The van der Waals surface area contributed by atoms with Crippen molar-refractivity contribution >= 4 is 19.7 Å². The maximum Gasteiger partial charge on any atom is 0.472 e. The summed E-state index contributed by atoms with van der Waals surface area (Å²) in [5, 5.41) is 3.05. The first-order valence-corrected chi connectivity index (χ1v) is 30.8. The minimum absolute atomic E-state index is 0.0414. The molecule has 0 saturated carbocycles. The van der Waals surface area contributed by atoms with Gasteiger partial charge in [0.05, 0.1) is 33.8 Å². The maximum atomic E-state index is 13.5. The van der Waals surface area contributed by atoms with Gasteiger partial charge in [0.1, 0.15) is 19.3 Å². The van der Waals surface area contributed by atoms with Crippen LogP contribution in [0.2, 0.25) is 0 Å². The number of hydrogen-bond acceptors (Lipinski definition) is 6. The quantitative estimate of drug-likeness (QED) is 0.0205. The van der Waals surface area contributed by atoms with Gasteiger partial charge in [0, 0.05) is 12.8 Å². The van der Waals surface area contributed by atoms with Gasteiger partial charge in [-0.3, -0.25) is 18.6 Å². The van der Waals surface area contributed by atoms with Crippen LogP contribution in [0.4, 0.5) is 0 Å². The number of rotatable bonds is 53. The lowest BCUT2D eigenvalue weighted by Gasteiger charge is -2.27. The predicted molar refractivity (Wildman–Crippen MR) is 296 cm³/mol. The van der Waals surface area contributed by atoms with Gasteiger partial charge in [0.15, 0.2) is 0 Å². The van der Waals surface area contributed by atoms with Crippen molar-refractivity contribution < 1.29 is 37.3 Å². The Morgan fingerprint density at radius 1 is 0.507 bits per heavy atom. The monoisotopic (exact) mass is 994 g/mol. The first-order valence-electron chi connectivity index (χ1n) is 29.3. The number of likely N-dealkylation sites (N-methyl/N-ethyl adjacent to an activating group) is 1. The molecule has 0 fully saturated rings. The summed E-state index contributed by atoms with van der Waals surface area (Å²) in [6.07, 6.45) is 58.4. The fourth-order valence-electron chi connectivity index (χ4n) is 8.50. The minimum atomic E-state index is -4.44. The van der Waals surface area contributed by atoms with Gasteiger partial charge in [-0.05, 0) is 63.9 Å². The average Bonchev–Trinajstić information content (AvgIpc) is 3.31. The van der Waals surface area contributed by atoms with E-state index < -0.39 is 20.0 Å². The Labute approximate surface area is 427 Å². The summed E-state index contributed by atoms with van der Waals surface area (Å²) in [6.45, 7) is 7.00. The Morgan fingerprint density at radius 3 is 1.33 bits per heavy atom. The first-order chi connectivity index (χ1) is 33.4. The molecule has 0 aromatic carbocycles. The van der Waals surface area contributed by atoms with Crippen molar-refractivity contribution in [2.45, 2.75) is 290 Å². The predicted octanol–water partition coefficient (Wildman–Crippen LogP) is 17.6. The lowest BCUT2D eigenvalue weighted by Crippen LogP contribution is -2.47. The van der Waals surface area contributed by atoms with Crippen LogP contribution >= 0.6 is 7.82 Å². The van der Waals surface area contributed by atoms with E-state index in [9.17, 15) is 19.0 Å². The third-order valence-electron chi connectivity index (χ3n) is 13.1. The summed E-state index contributed by atoms with van der Waals surface area (Å²) in [4.78, 5) is 37.6. The van der Waals surface area contributed by atoms with Gasteiger partial charge in [-0.25, -0.2) is 4.57 Å². The largest absolute Gasteiger partial charge is 0.472 e. The van der Waals surface area contributed by atoms with Crippen LogP contribution < -0.4 is 5.32 Å². The normalized spacial score (nSPS) is 14.0. The molecular formula is C59H114N2O7P+. The Kier molecular flexibility index (Phi) is 48.5. The van der Waals surface area contributed by atoms with Gasteiger partial charge >= 0.3 is 13.8 Å². The number of hydrogen-bond donors (Lipinski definition) is 2. The first kappa shape index (κ1) is 67.2. The van der Waals surface area contributed by atoms with E-state index >= 15 is 0 Å². The molecule has 2 N–H and O–H groups in total. The molecule has 0 saturated heterocycles. The van der Waals surface area contributed by atoms with E-state index in [0.29, 0.717) is 23.9 Å². The fraction of sp³-hybridized carbons (Fsp3) is 0.864. The van der Waals surface area contributed by atoms with Crippen molar-refractivity contribution in [1.82, 2.24) is 5.32 Å². The number of amides is 1. The van der Waals surface area contributed by atoms with Crippen molar-refractivity contribution in [3.05, 3.63) is 36.5 Å². The second-order valence-electron chi connectivity index (χ2n) is 21.2. The molecule has 0 aliphatic heterocycles. The summed E-state index contributed by atoms with van der Waals surface area (Å²) in [6, 6.07) is -0.845. The lowest BCUT2D eigenvalue weighted by molar-refractivity contribution is -0.870. The summed E-state index contributed by atoms with van der Waals surface area (Å²) in [5.41, 5.74) is 0. The van der Waals surface area contributed by atoms with E-state index in [0.717, 1.165) is 64.2 Å². The van der Waals surface area contributed by atoms with Crippen molar-refractivity contribution in [2.75, 3.05) is 40.9 Å². The molecule has 0 aliphatic carbocycles. The number of quaternary nitrogens is 1. The fourth-order valence-corrected chi connectivity index (χ4v) is 9.24. The number of ether oxygens (including phenoxy) is 1. The van der Waals surface area contributed by atoms with Gasteiger partial charge in [-0.15, -0.1) is 0 Å². The molecule has 0 aromatic rings. The molecule has 0 aliphatic rings. The number of phosphoric acid groups is 1. The van der Waals surface area contributed by atoms with Crippen LogP contribution in [0.25, 0.3) is 0 Å². The topological polar surface area (TPSA) is 111 Å². The number of carbonyl (C=O) groups excluding carboxylic acids is 2. The summed E-state index contributed by atoms with van der Waals surface area (Å²) < 4.78 is 30.6. The van der Waals surface area contributed by atoms with Gasteiger partial charge in [-0.2, -0.15) is 0 Å². The SMILES string of the molecule is CCCCC/C=C\C/C=C\CCCCCCCCCCCC(=O)NC(COP(=O)(O)OCC[N+](C)(C)C)C(/C=C/CCCCCCCCCCCCC)OC(=O)CCCCCCCCCCCCC. The van der Waals surface area contributed by atoms with E-state index in [2.05, 4.69) is 50.4 Å². The molecule has 0 radical (unpaired) electrons. The molecule has 9 nitrogen and oxygen atoms in total. The van der Waals surface area contributed by atoms with Gasteiger partial charge in [-0.1, -0.05) is 237 Å². The zero-order valence-electron chi connectivity index (χ0n) is 46.3. The Morgan fingerprint density at radius 2 is 0.884 bits per heavy atom. The molecular weight excluding hydrogens is 880 g/mol. The van der Waals surface area contributed by atoms with Gasteiger partial charge in [0.25, 0.3) is 0 Å². The molecule has 3 atom stereocenters. The standard InChI is InChI=1S/C59H113N2O7P/c1-7-10-13-16-19-22-25-27-28-29-30-31-32-34-37-39-42-45-48-51-58(62)60-56(55-67-69(64,65)66-54-53-61(4,5)6)57(50-47-44-41-38-36-33-26-23-20-17-14-11-8-2)68-59(63)52-49-46-43-40-35-24-21-18-15-12-9-3/h19,22,27-28,47,50,56-57H,7-18,20-21,23-26,29-46,48-49,51-55H2,1-6H3,(H-,60,62,64,65)/p+1/b22-19-,28-27-,50-47+. The van der Waals surface area contributed by atoms with Crippen LogP contribution in [-0.2, 0) is 27.9 Å². The second kappa shape index (κ2) is 49.8. The number of esters is 1. The highest BCUT2D eigenvalue weighted by Crippen LogP contribution is 2.43. The molecule has 0 aromatic heterocycles. The molecule has 0 heterocycles. The summed E-state index contributed by atoms with van der Waals surface area (Å²) >= 11 is 0. The van der Waals surface area contributed by atoms with Crippen molar-refractivity contribution in [2.24, 2.45) is 0 Å². The Hall–Kier alpha value is -1.77. The third kappa shape index (κ3) is 51.0. The second-order valence-corrected chi connectivity index (χ2v) is 22.6. The number of allylic oxidation sites excluding steroid dienone is 5. The van der Waals surface area contributed by atoms with E-state index in [-0.39, 0.29) is 25.1 Å². The molecule has 406 valence electrons. The smallest absolute Gasteiger partial charge is 0.456 e. The molecule has 69 heavy (non-hydrogen) atoms. The molecule has 0 bridgehead atoms. The molecule has 0 spiro atoms. The number of carbonyl (C=O) groups is 2. The van der Waals surface area contributed by atoms with Gasteiger partial charge < -0.3 is 19.4 Å². The molecule has 1 amide bonds. The summed E-state index contributed by atoms with van der Waals surface area (Å²) in [7, 11) is 1.50. The van der Waals surface area contributed by atoms with E-state index in [4.69, 9.17) is 13.8 Å². The van der Waals surface area contributed by atoms with Crippen LogP contribution in [-0.4, -0.2) is 74.3 Å². The van der Waals surface area contributed by atoms with Crippen molar-refractivity contribution in [3.63, 3.8) is 0 Å². The highest BCUT2D eigenvalue weighted by atomic mass is 31.2. The van der Waals surface area contributed by atoms with Crippen molar-refractivity contribution in [3.8, 4) is 0 Å². The number of phosphoric ester groups is 1. The van der Waals surface area contributed by atoms with Crippen LogP contribution in [0, 0.1) is 0 Å². The van der Waals surface area contributed by atoms with Crippen LogP contribution in [0.5, 0.6) is 0 Å². The van der Waals surface area contributed by atoms with Crippen LogP contribution in [0.15, 0.2) is 36.5 Å². The average molecular weight is 995 g/mol. The van der Waals surface area contributed by atoms with Gasteiger partial charge in [0.2, 0.25) is 5.91 Å². The number of nitrogens with zero attached hydrogens (tertiary/aromatic N) is 1. The van der Waals surface area contributed by atoms with E-state index in [1.54, 1.807) is 0 Å². The number of nitrogens with one attached hydrogen (secondary N) is 1. The zero-order valence-corrected chi connectivity index (χ0v) is 47.2. The zero-order chi connectivity index (χ0) is 50.8. The van der Waals surface area contributed by atoms with Crippen molar-refractivity contribution in [1.29, 1.82) is 0 Å². The Balaban J connectivity index is 5.28. The molecule has 3 unspecified atom stereocenters. The maximum absolute atomic E-state index is 13.5. The number of unbranched alkanes of at least 4 members (excludes halogenated alkanes) is 33. The molecule has 10 heteroatoms. The minimum Gasteiger partial charge on any atom is -0.456 e. The summed E-state index contributed by atoms with van der Waals surface area (Å²) in [5.74, 6) is -0.501. The lowest BCUT2D eigenvalue weighted by atomic mass is 10.0. The van der Waals surface area contributed by atoms with Crippen LogP contribution in [0.3, 0.4) is 0 Å².